The van der Waals surface area contributed by atoms with Crippen molar-refractivity contribution < 1.29 is 39.6 Å². The fourth-order valence-electron chi connectivity index (χ4n) is 2.71. The molecule has 164 valence electrons. The number of halogens is 6. The molecule has 1 heterocycles. The van der Waals surface area contributed by atoms with E-state index in [0.29, 0.717) is 12.1 Å². The molecule has 0 atom stereocenters. The lowest BCUT2D eigenvalue weighted by molar-refractivity contribution is -0.140. The summed E-state index contributed by atoms with van der Waals surface area (Å²) in [6, 6.07) is 3.77. The van der Waals surface area contributed by atoms with Gasteiger partial charge in [0, 0.05) is 13.2 Å². The third kappa shape index (κ3) is 4.40. The minimum absolute atomic E-state index is 0.0289. The van der Waals surface area contributed by atoms with Gasteiger partial charge in [-0.1, -0.05) is 6.07 Å². The molecule has 1 aromatic heterocycles. The van der Waals surface area contributed by atoms with Crippen molar-refractivity contribution >= 4 is 15.9 Å². The first kappa shape index (κ1) is 22.3. The summed E-state index contributed by atoms with van der Waals surface area (Å²) < 4.78 is 108. The van der Waals surface area contributed by atoms with Crippen LogP contribution in [0, 0.1) is 17.5 Å². The van der Waals surface area contributed by atoms with Crippen LogP contribution in [0.1, 0.15) is 16.1 Å². The summed E-state index contributed by atoms with van der Waals surface area (Å²) in [5.74, 6) is -5.17. The quantitative estimate of drug-likeness (QED) is 0.600. The molecule has 0 bridgehead atoms. The maximum absolute atomic E-state index is 14.0. The summed E-state index contributed by atoms with van der Waals surface area (Å²) >= 11 is 0. The highest BCUT2D eigenvalue weighted by atomic mass is 32.2. The first-order valence-corrected chi connectivity index (χ1v) is 9.71. The van der Waals surface area contributed by atoms with Gasteiger partial charge in [-0.25, -0.2) is 31.3 Å². The molecule has 0 unspecified atom stereocenters. The van der Waals surface area contributed by atoms with Crippen LogP contribution in [0.25, 0.3) is 11.4 Å². The second kappa shape index (κ2) is 7.72. The van der Waals surface area contributed by atoms with E-state index >= 15 is 0 Å². The molecular weight excluding hydrogens is 452 g/mol. The molecular formula is C18H11F6N3O3S. The standard InChI is InChI=1S/C18H11F6N3O3S/c1-27-8-13(25-16(27)15-11(20)3-2-4-12(15)21)17(28)26-31(29,30)14-6-5-9(19)7-10(14)18(22,23)24/h2-8H,1H3,(H,26,28). The van der Waals surface area contributed by atoms with Crippen molar-refractivity contribution in [3.8, 4) is 11.4 Å². The van der Waals surface area contributed by atoms with Crippen LogP contribution in [0.15, 0.2) is 47.5 Å². The number of alkyl halides is 3. The summed E-state index contributed by atoms with van der Waals surface area (Å²) in [5, 5.41) is 0. The number of hydrogen-bond acceptors (Lipinski definition) is 4. The van der Waals surface area contributed by atoms with Crippen LogP contribution >= 0.6 is 0 Å². The van der Waals surface area contributed by atoms with Crippen molar-refractivity contribution in [2.75, 3.05) is 0 Å². The molecule has 0 aliphatic heterocycles. The van der Waals surface area contributed by atoms with Crippen LogP contribution in [0.5, 0.6) is 0 Å². The number of aromatic nitrogens is 2. The summed E-state index contributed by atoms with van der Waals surface area (Å²) in [6.45, 7) is 0. The maximum atomic E-state index is 14.0. The van der Waals surface area contributed by atoms with Gasteiger partial charge in [0.2, 0.25) is 0 Å². The average Bonchev–Trinajstić information content (AvgIpc) is 3.02. The Morgan fingerprint density at radius 1 is 1.06 bits per heavy atom. The summed E-state index contributed by atoms with van der Waals surface area (Å²) in [6.07, 6.45) is -4.29. The molecule has 2 aromatic carbocycles. The minimum atomic E-state index is -5.23. The van der Waals surface area contributed by atoms with Crippen LogP contribution in [0.2, 0.25) is 0 Å². The van der Waals surface area contributed by atoms with Gasteiger partial charge in [0.05, 0.1) is 16.0 Å². The smallest absolute Gasteiger partial charge is 0.333 e. The van der Waals surface area contributed by atoms with E-state index < -0.39 is 61.3 Å². The first-order valence-electron chi connectivity index (χ1n) is 8.23. The van der Waals surface area contributed by atoms with Crippen molar-refractivity contribution in [2.45, 2.75) is 11.1 Å². The van der Waals surface area contributed by atoms with Gasteiger partial charge in [0.25, 0.3) is 15.9 Å². The molecule has 0 fully saturated rings. The Kier molecular flexibility index (Phi) is 5.56. The topological polar surface area (TPSA) is 81.1 Å². The van der Waals surface area contributed by atoms with Crippen LogP contribution in [-0.2, 0) is 23.2 Å². The fraction of sp³-hybridized carbons (Fsp3) is 0.111. The van der Waals surface area contributed by atoms with E-state index in [4.69, 9.17) is 0 Å². The SMILES string of the molecule is Cn1cc(C(=O)NS(=O)(=O)c2ccc(F)cc2C(F)(F)F)nc1-c1c(F)cccc1F. The number of sulfonamides is 1. The number of rotatable bonds is 4. The normalized spacial score (nSPS) is 12.1. The van der Waals surface area contributed by atoms with Crippen molar-refractivity contribution in [1.82, 2.24) is 14.3 Å². The van der Waals surface area contributed by atoms with Crippen LogP contribution < -0.4 is 4.72 Å². The third-order valence-electron chi connectivity index (χ3n) is 4.06. The van der Waals surface area contributed by atoms with Gasteiger partial charge in [-0.05, 0) is 30.3 Å². The summed E-state index contributed by atoms with van der Waals surface area (Å²) in [7, 11) is -3.84. The number of carbonyl (C=O) groups is 1. The van der Waals surface area contributed by atoms with Gasteiger partial charge in [-0.15, -0.1) is 0 Å². The lowest BCUT2D eigenvalue weighted by atomic mass is 10.2. The highest BCUT2D eigenvalue weighted by molar-refractivity contribution is 7.90. The van der Waals surface area contributed by atoms with E-state index in [1.54, 1.807) is 0 Å². The van der Waals surface area contributed by atoms with Gasteiger partial charge in [0.15, 0.2) is 0 Å². The van der Waals surface area contributed by atoms with Crippen LogP contribution in [0.4, 0.5) is 26.3 Å². The molecule has 0 aliphatic carbocycles. The zero-order valence-corrected chi connectivity index (χ0v) is 16.2. The molecule has 1 amide bonds. The molecule has 0 saturated carbocycles. The zero-order valence-electron chi connectivity index (χ0n) is 15.3. The van der Waals surface area contributed by atoms with Gasteiger partial charge < -0.3 is 4.57 Å². The predicted octanol–water partition coefficient (Wildman–Crippen LogP) is 3.64. The Morgan fingerprint density at radius 3 is 2.26 bits per heavy atom. The Labute approximate surface area is 171 Å². The fourth-order valence-corrected chi connectivity index (χ4v) is 3.88. The van der Waals surface area contributed by atoms with E-state index in [1.807, 2.05) is 0 Å². The molecule has 0 radical (unpaired) electrons. The molecule has 0 saturated heterocycles. The van der Waals surface area contributed by atoms with Crippen molar-refractivity contribution in [3.63, 3.8) is 0 Å². The Bertz CT molecular complexity index is 1260. The van der Waals surface area contributed by atoms with Crippen LogP contribution in [0.3, 0.4) is 0 Å². The first-order chi connectivity index (χ1) is 14.3. The van der Waals surface area contributed by atoms with Crippen molar-refractivity contribution in [3.05, 3.63) is 71.3 Å². The van der Waals surface area contributed by atoms with Crippen LogP contribution in [-0.4, -0.2) is 23.9 Å². The van der Waals surface area contributed by atoms with E-state index in [9.17, 15) is 39.6 Å². The molecule has 1 N–H and O–H groups in total. The number of benzene rings is 2. The number of nitrogens with one attached hydrogen (secondary N) is 1. The van der Waals surface area contributed by atoms with Crippen molar-refractivity contribution in [2.24, 2.45) is 7.05 Å². The Morgan fingerprint density at radius 2 is 1.68 bits per heavy atom. The number of carbonyl (C=O) groups excluding carboxylic acids is 1. The van der Waals surface area contributed by atoms with Crippen molar-refractivity contribution in [1.29, 1.82) is 0 Å². The molecule has 0 spiro atoms. The number of nitrogens with zero attached hydrogens (tertiary/aromatic N) is 2. The van der Waals surface area contributed by atoms with E-state index in [2.05, 4.69) is 4.98 Å². The molecule has 3 rings (SSSR count). The number of imidazole rings is 1. The van der Waals surface area contributed by atoms with E-state index in [1.165, 1.54) is 11.8 Å². The second-order valence-corrected chi connectivity index (χ2v) is 7.88. The zero-order chi connectivity index (χ0) is 23.1. The largest absolute Gasteiger partial charge is 0.417 e. The monoisotopic (exact) mass is 463 g/mol. The van der Waals surface area contributed by atoms with E-state index in [-0.39, 0.29) is 11.9 Å². The highest BCUT2D eigenvalue weighted by Crippen LogP contribution is 2.34. The Hall–Kier alpha value is -3.35. The number of hydrogen-bond donors (Lipinski definition) is 1. The molecule has 3 aromatic rings. The predicted molar refractivity (Wildman–Crippen MR) is 94.6 cm³/mol. The lowest BCUT2D eigenvalue weighted by Gasteiger charge is -2.13. The van der Waals surface area contributed by atoms with Gasteiger partial charge in [-0.3, -0.25) is 4.79 Å². The summed E-state index contributed by atoms with van der Waals surface area (Å²) in [4.78, 5) is 14.6. The lowest BCUT2D eigenvalue weighted by Crippen LogP contribution is -2.32. The second-order valence-electron chi connectivity index (χ2n) is 6.23. The Balaban J connectivity index is 1.98. The van der Waals surface area contributed by atoms with Gasteiger partial charge in [0.1, 0.15) is 29.0 Å². The molecule has 13 heteroatoms. The third-order valence-corrected chi connectivity index (χ3v) is 5.45. The molecule has 0 aliphatic rings. The highest BCUT2D eigenvalue weighted by Gasteiger charge is 2.38. The average molecular weight is 463 g/mol. The maximum Gasteiger partial charge on any atom is 0.417 e. The minimum Gasteiger partial charge on any atom is -0.333 e. The molecule has 31 heavy (non-hydrogen) atoms. The summed E-state index contributed by atoms with van der Waals surface area (Å²) in [5.41, 5.74) is -3.05. The molecule has 6 nitrogen and oxygen atoms in total. The number of aryl methyl sites for hydroxylation is 1. The van der Waals surface area contributed by atoms with Gasteiger partial charge >= 0.3 is 6.18 Å². The van der Waals surface area contributed by atoms with E-state index in [0.717, 1.165) is 29.0 Å². The van der Waals surface area contributed by atoms with Gasteiger partial charge in [-0.2, -0.15) is 13.2 Å². The number of amides is 1.